The fourth-order valence-corrected chi connectivity index (χ4v) is 2.44. The van der Waals surface area contributed by atoms with Gasteiger partial charge in [0, 0.05) is 39.2 Å². The van der Waals surface area contributed by atoms with Crippen molar-refractivity contribution in [1.82, 2.24) is 9.80 Å². The zero-order chi connectivity index (χ0) is 16.8. The highest BCUT2D eigenvalue weighted by atomic mass is 16.6. The summed E-state index contributed by atoms with van der Waals surface area (Å²) in [5.41, 5.74) is -0.168. The molecule has 1 heterocycles. The van der Waals surface area contributed by atoms with Gasteiger partial charge < -0.3 is 14.5 Å². The van der Waals surface area contributed by atoms with Crippen LogP contribution in [0.15, 0.2) is 24.3 Å². The largest absolute Gasteiger partial charge is 0.477 e. The van der Waals surface area contributed by atoms with Crippen LogP contribution < -0.4 is 4.74 Å². The van der Waals surface area contributed by atoms with Crippen molar-refractivity contribution in [3.63, 3.8) is 0 Å². The lowest BCUT2D eigenvalue weighted by Gasteiger charge is -2.21. The minimum absolute atomic E-state index is 0.00420. The highest BCUT2D eigenvalue weighted by Gasteiger charge is 2.21. The summed E-state index contributed by atoms with van der Waals surface area (Å²) in [5.74, 6) is -0.171. The Morgan fingerprint density at radius 3 is 2.52 bits per heavy atom. The number of amides is 2. The number of rotatable bonds is 4. The van der Waals surface area contributed by atoms with Gasteiger partial charge in [-0.1, -0.05) is 12.1 Å². The Labute approximate surface area is 133 Å². The summed E-state index contributed by atoms with van der Waals surface area (Å²) in [6.07, 6.45) is 0.705. The van der Waals surface area contributed by atoms with Crippen LogP contribution >= 0.6 is 0 Å². The van der Waals surface area contributed by atoms with Crippen molar-refractivity contribution >= 4 is 17.5 Å². The normalized spacial score (nSPS) is 15.0. The zero-order valence-corrected chi connectivity index (χ0v) is 12.9. The van der Waals surface area contributed by atoms with Crippen molar-refractivity contribution in [1.29, 1.82) is 0 Å². The van der Waals surface area contributed by atoms with Crippen LogP contribution in [0.3, 0.4) is 0 Å². The molecular weight excluding hydrogens is 302 g/mol. The first-order valence-corrected chi connectivity index (χ1v) is 7.38. The Hall–Kier alpha value is -2.64. The fourth-order valence-electron chi connectivity index (χ4n) is 2.44. The maximum atomic E-state index is 12.2. The summed E-state index contributed by atoms with van der Waals surface area (Å²) in [6.45, 7) is 3.36. The summed E-state index contributed by atoms with van der Waals surface area (Å²) in [4.78, 5) is 37.3. The molecule has 0 aromatic heterocycles. The van der Waals surface area contributed by atoms with Gasteiger partial charge in [0.1, 0.15) is 0 Å². The molecule has 0 aliphatic carbocycles. The summed E-state index contributed by atoms with van der Waals surface area (Å²) in [7, 11) is 0. The molecule has 1 saturated heterocycles. The van der Waals surface area contributed by atoms with E-state index in [4.69, 9.17) is 4.74 Å². The first-order chi connectivity index (χ1) is 11.0. The monoisotopic (exact) mass is 321 g/mol. The van der Waals surface area contributed by atoms with Crippen molar-refractivity contribution in [3.05, 3.63) is 34.4 Å². The molecule has 0 atom stereocenters. The van der Waals surface area contributed by atoms with Gasteiger partial charge in [-0.25, -0.2) is 0 Å². The third-order valence-electron chi connectivity index (χ3n) is 3.71. The minimum Gasteiger partial charge on any atom is -0.477 e. The van der Waals surface area contributed by atoms with Gasteiger partial charge >= 0.3 is 5.69 Å². The lowest BCUT2D eigenvalue weighted by molar-refractivity contribution is -0.385. The van der Waals surface area contributed by atoms with Crippen molar-refractivity contribution < 1.29 is 19.2 Å². The number of ether oxygens (including phenoxy) is 1. The molecule has 1 fully saturated rings. The molecule has 1 aliphatic heterocycles. The highest BCUT2D eigenvalue weighted by Crippen LogP contribution is 2.25. The Morgan fingerprint density at radius 2 is 1.83 bits per heavy atom. The second-order valence-electron chi connectivity index (χ2n) is 5.25. The number of carbonyl (C=O) groups excluding carboxylic acids is 2. The van der Waals surface area contributed by atoms with Crippen molar-refractivity contribution in [3.8, 4) is 5.75 Å². The Bertz CT molecular complexity index is 605. The number of nitro groups is 1. The van der Waals surface area contributed by atoms with Gasteiger partial charge in [-0.2, -0.15) is 0 Å². The van der Waals surface area contributed by atoms with Crippen LogP contribution in [-0.4, -0.2) is 59.3 Å². The minimum atomic E-state index is -0.545. The maximum Gasteiger partial charge on any atom is 0.310 e. The Balaban J connectivity index is 1.92. The number of hydrogen-bond acceptors (Lipinski definition) is 5. The maximum absolute atomic E-state index is 12.2. The number of carbonyl (C=O) groups is 2. The molecule has 2 amide bonds. The smallest absolute Gasteiger partial charge is 0.310 e. The number of nitrogens with zero attached hydrogens (tertiary/aromatic N) is 3. The van der Waals surface area contributed by atoms with Gasteiger partial charge in [-0.3, -0.25) is 19.7 Å². The van der Waals surface area contributed by atoms with E-state index in [1.807, 2.05) is 0 Å². The summed E-state index contributed by atoms with van der Waals surface area (Å²) >= 11 is 0. The molecule has 0 saturated carbocycles. The Morgan fingerprint density at radius 1 is 1.17 bits per heavy atom. The third-order valence-corrected chi connectivity index (χ3v) is 3.71. The second kappa shape index (κ2) is 7.57. The molecule has 2 rings (SSSR count). The van der Waals surface area contributed by atoms with E-state index in [1.165, 1.54) is 25.1 Å². The predicted octanol–water partition coefficient (Wildman–Crippen LogP) is 1.05. The third kappa shape index (κ3) is 4.41. The molecule has 23 heavy (non-hydrogen) atoms. The molecule has 0 N–H and O–H groups in total. The SMILES string of the molecule is CC(=O)N1CCCN(C(=O)COc2ccccc2[N+](=O)[O-])CC1. The molecule has 1 aromatic carbocycles. The zero-order valence-electron chi connectivity index (χ0n) is 12.9. The Kier molecular flexibility index (Phi) is 5.51. The van der Waals surface area contributed by atoms with E-state index < -0.39 is 4.92 Å². The van der Waals surface area contributed by atoms with Crippen molar-refractivity contribution in [2.75, 3.05) is 32.8 Å². The summed E-state index contributed by atoms with van der Waals surface area (Å²) in [6, 6.07) is 5.95. The lowest BCUT2D eigenvalue weighted by atomic mass is 10.3. The molecule has 0 spiro atoms. The second-order valence-corrected chi connectivity index (χ2v) is 5.25. The molecule has 0 radical (unpaired) electrons. The van der Waals surface area contributed by atoms with Crippen LogP contribution in [0.25, 0.3) is 0 Å². The van der Waals surface area contributed by atoms with Crippen LogP contribution in [-0.2, 0) is 9.59 Å². The van der Waals surface area contributed by atoms with E-state index in [1.54, 1.807) is 15.9 Å². The van der Waals surface area contributed by atoms with E-state index in [-0.39, 0.29) is 29.9 Å². The molecule has 1 aliphatic rings. The number of benzene rings is 1. The van der Waals surface area contributed by atoms with E-state index in [2.05, 4.69) is 0 Å². The van der Waals surface area contributed by atoms with E-state index in [0.29, 0.717) is 32.6 Å². The van der Waals surface area contributed by atoms with Crippen LogP contribution in [0.2, 0.25) is 0 Å². The van der Waals surface area contributed by atoms with Crippen molar-refractivity contribution in [2.24, 2.45) is 0 Å². The molecule has 0 bridgehead atoms. The predicted molar refractivity (Wildman–Crippen MR) is 82.0 cm³/mol. The summed E-state index contributed by atoms with van der Waals surface area (Å²) < 4.78 is 5.32. The quantitative estimate of drug-likeness (QED) is 0.610. The molecule has 8 heteroatoms. The molecule has 124 valence electrons. The fraction of sp³-hybridized carbons (Fsp3) is 0.467. The lowest BCUT2D eigenvalue weighted by Crippen LogP contribution is -2.38. The standard InChI is InChI=1S/C15H19N3O5/c1-12(19)16-7-4-8-17(10-9-16)15(20)11-23-14-6-3-2-5-13(14)18(21)22/h2-3,5-6H,4,7-11H2,1H3. The highest BCUT2D eigenvalue weighted by molar-refractivity contribution is 5.78. The van der Waals surface area contributed by atoms with E-state index >= 15 is 0 Å². The van der Waals surface area contributed by atoms with Crippen LogP contribution in [0.4, 0.5) is 5.69 Å². The van der Waals surface area contributed by atoms with Gasteiger partial charge in [0.05, 0.1) is 4.92 Å². The van der Waals surface area contributed by atoms with Gasteiger partial charge in [0.2, 0.25) is 5.91 Å². The van der Waals surface area contributed by atoms with Gasteiger partial charge in [0.25, 0.3) is 5.91 Å². The molecule has 8 nitrogen and oxygen atoms in total. The van der Waals surface area contributed by atoms with Crippen LogP contribution in [0.5, 0.6) is 5.75 Å². The first kappa shape index (κ1) is 16.7. The topological polar surface area (TPSA) is 93.0 Å². The van der Waals surface area contributed by atoms with Gasteiger partial charge in [-0.05, 0) is 12.5 Å². The van der Waals surface area contributed by atoms with Gasteiger partial charge in [0.15, 0.2) is 12.4 Å². The van der Waals surface area contributed by atoms with E-state index in [9.17, 15) is 19.7 Å². The average Bonchev–Trinajstić information content (AvgIpc) is 2.79. The summed E-state index contributed by atoms with van der Waals surface area (Å²) in [5, 5.41) is 10.9. The molecule has 1 aromatic rings. The van der Waals surface area contributed by atoms with Crippen LogP contribution in [0, 0.1) is 10.1 Å². The van der Waals surface area contributed by atoms with Gasteiger partial charge in [-0.15, -0.1) is 0 Å². The van der Waals surface area contributed by atoms with Crippen LogP contribution in [0.1, 0.15) is 13.3 Å². The first-order valence-electron chi connectivity index (χ1n) is 7.38. The number of para-hydroxylation sites is 2. The molecular formula is C15H19N3O5. The number of hydrogen-bond donors (Lipinski definition) is 0. The molecule has 0 unspecified atom stereocenters. The van der Waals surface area contributed by atoms with Crippen molar-refractivity contribution in [2.45, 2.75) is 13.3 Å². The average molecular weight is 321 g/mol. The number of nitro benzene ring substituents is 1. The van der Waals surface area contributed by atoms with E-state index in [0.717, 1.165) is 0 Å².